The summed E-state index contributed by atoms with van der Waals surface area (Å²) in [7, 11) is 0. The van der Waals surface area contributed by atoms with Crippen LogP contribution in [0.4, 0.5) is 4.79 Å². The van der Waals surface area contributed by atoms with Gasteiger partial charge in [-0.05, 0) is 89.0 Å². The number of thioether (sulfide) groups is 1. The van der Waals surface area contributed by atoms with Gasteiger partial charge in [0, 0.05) is 12.6 Å². The molecule has 0 aliphatic heterocycles. The molecule has 1 fully saturated rings. The molecule has 7 nitrogen and oxygen atoms in total. The van der Waals surface area contributed by atoms with Crippen LogP contribution >= 0.6 is 11.8 Å². The van der Waals surface area contributed by atoms with Gasteiger partial charge in [0.25, 0.3) is 0 Å². The number of nitrogens with one attached hydrogen (secondary N) is 2. The highest BCUT2D eigenvalue weighted by Crippen LogP contribution is 2.29. The minimum absolute atomic E-state index is 0.124. The second-order valence-corrected chi connectivity index (χ2v) is 12.4. The fourth-order valence-electron chi connectivity index (χ4n) is 4.89. The van der Waals surface area contributed by atoms with E-state index >= 15 is 0 Å². The number of hydrogen-bond donors (Lipinski definition) is 2. The lowest BCUT2D eigenvalue weighted by molar-refractivity contribution is -0.143. The molecule has 0 radical (unpaired) electrons. The molecular weight excluding hydrogens is 498 g/mol. The van der Waals surface area contributed by atoms with E-state index in [-0.39, 0.29) is 17.9 Å². The van der Waals surface area contributed by atoms with E-state index in [0.29, 0.717) is 18.7 Å². The third-order valence-corrected chi connectivity index (χ3v) is 7.73. The standard InChI is InChI=1S/C30H49N3O4S/c1-8-9-19-33(28(35)25(18-20-38-7)32-29(36)37-30(4,5)6)26(24-17-13-14-21(2)22(24)3)27(34)31-23-15-11-10-12-16-23/h13-14,17,23,25-26H,8-12,15-16,18-20H2,1-7H3,(H,31,34)(H,32,36). The summed E-state index contributed by atoms with van der Waals surface area (Å²) in [5.74, 6) is 0.301. The lowest BCUT2D eigenvalue weighted by Gasteiger charge is -2.36. The predicted octanol–water partition coefficient (Wildman–Crippen LogP) is 6.07. The predicted molar refractivity (Wildman–Crippen MR) is 156 cm³/mol. The number of ether oxygens (including phenoxy) is 1. The zero-order valence-electron chi connectivity index (χ0n) is 24.5. The van der Waals surface area contributed by atoms with E-state index in [9.17, 15) is 14.4 Å². The smallest absolute Gasteiger partial charge is 0.408 e. The van der Waals surface area contributed by atoms with Gasteiger partial charge < -0.3 is 20.3 Å². The molecule has 1 aromatic rings. The molecule has 2 rings (SSSR count). The number of carbonyl (C=O) groups is 3. The molecule has 0 aromatic heterocycles. The van der Waals surface area contributed by atoms with Crippen molar-refractivity contribution in [1.82, 2.24) is 15.5 Å². The van der Waals surface area contributed by atoms with Gasteiger partial charge in [0.1, 0.15) is 17.7 Å². The van der Waals surface area contributed by atoms with Crippen molar-refractivity contribution < 1.29 is 19.1 Å². The lowest BCUT2D eigenvalue weighted by Crippen LogP contribution is -2.54. The number of alkyl carbamates (subject to hydrolysis) is 1. The number of amides is 3. The van der Waals surface area contributed by atoms with Crippen molar-refractivity contribution in [2.24, 2.45) is 0 Å². The molecule has 0 saturated heterocycles. The van der Waals surface area contributed by atoms with Crippen LogP contribution in [-0.2, 0) is 14.3 Å². The number of aryl methyl sites for hydroxylation is 1. The Labute approximate surface area is 234 Å². The number of unbranched alkanes of at least 4 members (excludes halogenated alkanes) is 1. The van der Waals surface area contributed by atoms with Crippen LogP contribution < -0.4 is 10.6 Å². The van der Waals surface area contributed by atoms with E-state index in [1.54, 1.807) is 37.4 Å². The summed E-state index contributed by atoms with van der Waals surface area (Å²) in [5.41, 5.74) is 2.24. The Morgan fingerprint density at radius 1 is 1.13 bits per heavy atom. The number of benzene rings is 1. The van der Waals surface area contributed by atoms with Crippen molar-refractivity contribution in [3.63, 3.8) is 0 Å². The number of nitrogens with zero attached hydrogens (tertiary/aromatic N) is 1. The maximum absolute atomic E-state index is 14.2. The average molecular weight is 548 g/mol. The van der Waals surface area contributed by atoms with Crippen LogP contribution in [-0.4, -0.2) is 59.0 Å². The Kier molecular flexibility index (Phi) is 13.0. The maximum Gasteiger partial charge on any atom is 0.408 e. The molecule has 1 saturated carbocycles. The molecule has 0 bridgehead atoms. The second kappa shape index (κ2) is 15.4. The monoisotopic (exact) mass is 547 g/mol. The summed E-state index contributed by atoms with van der Waals surface area (Å²) in [6.45, 7) is 11.9. The van der Waals surface area contributed by atoms with E-state index in [0.717, 1.165) is 55.2 Å². The third-order valence-electron chi connectivity index (χ3n) is 7.09. The van der Waals surface area contributed by atoms with Crippen molar-refractivity contribution in [3.8, 4) is 0 Å². The zero-order chi connectivity index (χ0) is 28.3. The van der Waals surface area contributed by atoms with Gasteiger partial charge >= 0.3 is 6.09 Å². The van der Waals surface area contributed by atoms with Crippen LogP contribution in [0.15, 0.2) is 18.2 Å². The molecule has 38 heavy (non-hydrogen) atoms. The van der Waals surface area contributed by atoms with Crippen LogP contribution in [0, 0.1) is 13.8 Å². The maximum atomic E-state index is 14.2. The largest absolute Gasteiger partial charge is 0.444 e. The first kappa shape index (κ1) is 32.0. The number of carbonyl (C=O) groups excluding carboxylic acids is 3. The minimum Gasteiger partial charge on any atom is -0.444 e. The van der Waals surface area contributed by atoms with Crippen molar-refractivity contribution in [1.29, 1.82) is 0 Å². The van der Waals surface area contributed by atoms with E-state index in [1.165, 1.54) is 6.42 Å². The van der Waals surface area contributed by atoms with Crippen LogP contribution in [0.2, 0.25) is 0 Å². The highest BCUT2D eigenvalue weighted by atomic mass is 32.2. The fourth-order valence-corrected chi connectivity index (χ4v) is 5.36. The quantitative estimate of drug-likeness (QED) is 0.332. The van der Waals surface area contributed by atoms with Crippen LogP contribution in [0.25, 0.3) is 0 Å². The van der Waals surface area contributed by atoms with E-state index in [2.05, 4.69) is 17.6 Å². The Hall–Kier alpha value is -2.22. The molecule has 214 valence electrons. The SMILES string of the molecule is CCCCN(C(=O)C(CCSC)NC(=O)OC(C)(C)C)C(C(=O)NC1CCCCC1)c1cccc(C)c1C. The molecule has 3 amide bonds. The molecule has 1 aliphatic carbocycles. The summed E-state index contributed by atoms with van der Waals surface area (Å²) < 4.78 is 5.48. The molecule has 0 spiro atoms. The summed E-state index contributed by atoms with van der Waals surface area (Å²) in [6, 6.07) is 4.50. The topological polar surface area (TPSA) is 87.7 Å². The number of rotatable bonds is 12. The Morgan fingerprint density at radius 3 is 2.42 bits per heavy atom. The van der Waals surface area contributed by atoms with Crippen molar-refractivity contribution in [2.45, 2.75) is 117 Å². The summed E-state index contributed by atoms with van der Waals surface area (Å²) in [5, 5.41) is 6.10. The third kappa shape index (κ3) is 9.83. The van der Waals surface area contributed by atoms with Gasteiger partial charge in [-0.3, -0.25) is 9.59 Å². The van der Waals surface area contributed by atoms with Crippen molar-refractivity contribution in [3.05, 3.63) is 34.9 Å². The first-order valence-corrected chi connectivity index (χ1v) is 15.5. The average Bonchev–Trinajstić information content (AvgIpc) is 2.85. The summed E-state index contributed by atoms with van der Waals surface area (Å²) in [6.07, 6.45) is 8.77. The van der Waals surface area contributed by atoms with Crippen LogP contribution in [0.3, 0.4) is 0 Å². The summed E-state index contributed by atoms with van der Waals surface area (Å²) >= 11 is 1.61. The zero-order valence-corrected chi connectivity index (χ0v) is 25.3. The molecular formula is C30H49N3O4S. The van der Waals surface area contributed by atoms with Gasteiger partial charge in [-0.25, -0.2) is 4.79 Å². The first-order valence-electron chi connectivity index (χ1n) is 14.1. The van der Waals surface area contributed by atoms with Gasteiger partial charge in [-0.15, -0.1) is 0 Å². The highest BCUT2D eigenvalue weighted by molar-refractivity contribution is 7.98. The minimum atomic E-state index is -0.788. The Bertz CT molecular complexity index is 925. The molecule has 0 heterocycles. The van der Waals surface area contributed by atoms with Gasteiger partial charge in [-0.2, -0.15) is 11.8 Å². The molecule has 8 heteroatoms. The Morgan fingerprint density at radius 2 is 1.82 bits per heavy atom. The Balaban J connectivity index is 2.48. The lowest BCUT2D eigenvalue weighted by atomic mass is 9.92. The van der Waals surface area contributed by atoms with Gasteiger partial charge in [-0.1, -0.05) is 50.8 Å². The molecule has 2 N–H and O–H groups in total. The van der Waals surface area contributed by atoms with E-state index in [1.807, 2.05) is 38.3 Å². The van der Waals surface area contributed by atoms with Gasteiger partial charge in [0.05, 0.1) is 0 Å². The number of hydrogen-bond acceptors (Lipinski definition) is 5. The fraction of sp³-hybridized carbons (Fsp3) is 0.700. The van der Waals surface area contributed by atoms with Crippen molar-refractivity contribution >= 4 is 29.7 Å². The van der Waals surface area contributed by atoms with E-state index < -0.39 is 23.8 Å². The van der Waals surface area contributed by atoms with Crippen molar-refractivity contribution in [2.75, 3.05) is 18.6 Å². The molecule has 2 unspecified atom stereocenters. The normalized spacial score (nSPS) is 15.9. The molecule has 2 atom stereocenters. The first-order chi connectivity index (χ1) is 18.0. The van der Waals surface area contributed by atoms with Gasteiger partial charge in [0.15, 0.2) is 0 Å². The molecule has 1 aromatic carbocycles. The van der Waals surface area contributed by atoms with E-state index in [4.69, 9.17) is 4.74 Å². The molecule has 1 aliphatic rings. The van der Waals surface area contributed by atoms with Crippen LogP contribution in [0.1, 0.15) is 102 Å². The highest BCUT2D eigenvalue weighted by Gasteiger charge is 2.37. The van der Waals surface area contributed by atoms with Gasteiger partial charge in [0.2, 0.25) is 11.8 Å². The summed E-state index contributed by atoms with van der Waals surface area (Å²) in [4.78, 5) is 42.7. The second-order valence-electron chi connectivity index (χ2n) is 11.4. The van der Waals surface area contributed by atoms with Crippen LogP contribution in [0.5, 0.6) is 0 Å².